The number of nitrogens with one attached hydrogen (secondary N) is 1. The van der Waals surface area contributed by atoms with Gasteiger partial charge in [0.25, 0.3) is 0 Å². The zero-order chi connectivity index (χ0) is 13.0. The van der Waals surface area contributed by atoms with Gasteiger partial charge >= 0.3 is 0 Å². The largest absolute Gasteiger partial charge is 0.330 e. The average molecular weight is 279 g/mol. The molecule has 94 valence electrons. The first-order chi connectivity index (χ1) is 7.93. The first-order valence-corrected chi connectivity index (χ1v) is 5.84. The van der Waals surface area contributed by atoms with E-state index in [1.54, 1.807) is 0 Å². The highest BCUT2D eigenvalue weighted by atomic mass is 35.5. The highest BCUT2D eigenvalue weighted by molar-refractivity contribution is 6.39. The summed E-state index contributed by atoms with van der Waals surface area (Å²) in [4.78, 5) is 11.6. The molecule has 1 amide bonds. The van der Waals surface area contributed by atoms with Crippen molar-refractivity contribution in [3.63, 3.8) is 0 Å². The van der Waals surface area contributed by atoms with E-state index in [0.29, 0.717) is 6.54 Å². The molecule has 1 atom stereocenters. The van der Waals surface area contributed by atoms with Crippen LogP contribution in [0.2, 0.25) is 10.0 Å². The van der Waals surface area contributed by atoms with Crippen LogP contribution in [0.1, 0.15) is 13.3 Å². The highest BCUT2D eigenvalue weighted by Crippen LogP contribution is 2.31. The second kappa shape index (κ2) is 6.19. The quantitative estimate of drug-likeness (QED) is 0.890. The number of benzene rings is 1. The molecule has 6 heteroatoms. The Morgan fingerprint density at radius 2 is 2.00 bits per heavy atom. The Hall–Kier alpha value is -0.840. The fourth-order valence-corrected chi connectivity index (χ4v) is 1.81. The lowest BCUT2D eigenvalue weighted by Gasteiger charge is -2.11. The summed E-state index contributed by atoms with van der Waals surface area (Å²) in [6.07, 6.45) is 0.264. The monoisotopic (exact) mass is 278 g/mol. The number of halogens is 3. The lowest BCUT2D eigenvalue weighted by molar-refractivity contribution is -0.116. The van der Waals surface area contributed by atoms with Gasteiger partial charge in [0.1, 0.15) is 5.82 Å². The standard InChI is InChI=1S/C11H13Cl2FN2O/c1-6(5-15)2-10(17)16-11-8(12)3-7(14)4-9(11)13/h3-4,6H,2,5,15H2,1H3,(H,16,17). The van der Waals surface area contributed by atoms with Gasteiger partial charge in [-0.05, 0) is 24.6 Å². The first kappa shape index (κ1) is 14.2. The smallest absolute Gasteiger partial charge is 0.224 e. The van der Waals surface area contributed by atoms with Crippen LogP contribution in [-0.4, -0.2) is 12.5 Å². The van der Waals surface area contributed by atoms with E-state index in [-0.39, 0.29) is 34.0 Å². The topological polar surface area (TPSA) is 55.1 Å². The molecule has 0 aliphatic carbocycles. The Labute approximate surface area is 109 Å². The van der Waals surface area contributed by atoms with Crippen LogP contribution in [0.25, 0.3) is 0 Å². The zero-order valence-corrected chi connectivity index (χ0v) is 10.8. The second-order valence-corrected chi connectivity index (χ2v) is 4.65. The molecule has 1 rings (SSSR count). The number of carbonyl (C=O) groups excluding carboxylic acids is 1. The average Bonchev–Trinajstić information content (AvgIpc) is 2.23. The van der Waals surface area contributed by atoms with Crippen molar-refractivity contribution in [2.24, 2.45) is 11.7 Å². The predicted molar refractivity (Wildman–Crippen MR) is 67.9 cm³/mol. The normalized spacial score (nSPS) is 12.3. The van der Waals surface area contributed by atoms with Crippen LogP contribution in [0.5, 0.6) is 0 Å². The maximum absolute atomic E-state index is 12.9. The van der Waals surface area contributed by atoms with Crippen molar-refractivity contribution in [2.75, 3.05) is 11.9 Å². The van der Waals surface area contributed by atoms with E-state index in [1.165, 1.54) is 0 Å². The fraction of sp³-hybridized carbons (Fsp3) is 0.364. The number of anilines is 1. The summed E-state index contributed by atoms with van der Waals surface area (Å²) >= 11 is 11.6. The van der Waals surface area contributed by atoms with E-state index in [2.05, 4.69) is 5.32 Å². The van der Waals surface area contributed by atoms with Gasteiger partial charge in [0.2, 0.25) is 5.91 Å². The summed E-state index contributed by atoms with van der Waals surface area (Å²) in [6.45, 7) is 2.27. The third-order valence-electron chi connectivity index (χ3n) is 2.21. The summed E-state index contributed by atoms with van der Waals surface area (Å²) in [6, 6.07) is 2.19. The predicted octanol–water partition coefficient (Wildman–Crippen LogP) is 3.06. The molecule has 0 aliphatic heterocycles. The Kier molecular flexibility index (Phi) is 5.18. The fourth-order valence-electron chi connectivity index (χ4n) is 1.25. The minimum absolute atomic E-state index is 0.0630. The Morgan fingerprint density at radius 3 is 2.47 bits per heavy atom. The van der Waals surface area contributed by atoms with Gasteiger partial charge in [0.05, 0.1) is 15.7 Å². The van der Waals surface area contributed by atoms with Crippen LogP contribution in [0.3, 0.4) is 0 Å². The van der Waals surface area contributed by atoms with Crippen LogP contribution in [0.15, 0.2) is 12.1 Å². The third kappa shape index (κ3) is 4.15. The Balaban J connectivity index is 2.78. The van der Waals surface area contributed by atoms with E-state index in [4.69, 9.17) is 28.9 Å². The summed E-state index contributed by atoms with van der Waals surface area (Å²) < 4.78 is 12.9. The van der Waals surface area contributed by atoms with E-state index >= 15 is 0 Å². The number of nitrogens with two attached hydrogens (primary N) is 1. The molecule has 0 fully saturated rings. The van der Waals surface area contributed by atoms with Crippen molar-refractivity contribution < 1.29 is 9.18 Å². The summed E-state index contributed by atoms with van der Waals surface area (Å²) in [7, 11) is 0. The summed E-state index contributed by atoms with van der Waals surface area (Å²) in [5.74, 6) is -0.736. The van der Waals surface area contributed by atoms with Gasteiger partial charge in [0, 0.05) is 6.42 Å². The molecule has 3 N–H and O–H groups in total. The van der Waals surface area contributed by atoms with Crippen LogP contribution < -0.4 is 11.1 Å². The van der Waals surface area contributed by atoms with Crippen molar-refractivity contribution in [1.82, 2.24) is 0 Å². The maximum Gasteiger partial charge on any atom is 0.224 e. The number of rotatable bonds is 4. The molecule has 3 nitrogen and oxygen atoms in total. The number of hydrogen-bond donors (Lipinski definition) is 2. The van der Waals surface area contributed by atoms with E-state index in [0.717, 1.165) is 12.1 Å². The molecule has 0 radical (unpaired) electrons. The first-order valence-electron chi connectivity index (χ1n) is 5.08. The molecule has 0 aliphatic rings. The van der Waals surface area contributed by atoms with Crippen LogP contribution >= 0.6 is 23.2 Å². The molecule has 0 heterocycles. The van der Waals surface area contributed by atoms with Gasteiger partial charge in [-0.15, -0.1) is 0 Å². The molecule has 0 saturated heterocycles. The molecule has 1 aromatic rings. The molecule has 0 saturated carbocycles. The van der Waals surface area contributed by atoms with Gasteiger partial charge in [0.15, 0.2) is 0 Å². The molecule has 1 aromatic carbocycles. The number of amides is 1. The van der Waals surface area contributed by atoms with Crippen molar-refractivity contribution in [3.8, 4) is 0 Å². The maximum atomic E-state index is 12.9. The zero-order valence-electron chi connectivity index (χ0n) is 9.27. The van der Waals surface area contributed by atoms with Crippen LogP contribution in [0.4, 0.5) is 10.1 Å². The Morgan fingerprint density at radius 1 is 1.47 bits per heavy atom. The minimum Gasteiger partial charge on any atom is -0.330 e. The van der Waals surface area contributed by atoms with E-state index in [9.17, 15) is 9.18 Å². The molecular weight excluding hydrogens is 266 g/mol. The molecule has 0 bridgehead atoms. The molecule has 0 spiro atoms. The van der Waals surface area contributed by atoms with Crippen molar-refractivity contribution in [2.45, 2.75) is 13.3 Å². The highest BCUT2D eigenvalue weighted by Gasteiger charge is 2.13. The lowest BCUT2D eigenvalue weighted by Crippen LogP contribution is -2.20. The van der Waals surface area contributed by atoms with Gasteiger partial charge in [-0.3, -0.25) is 4.79 Å². The molecular formula is C11H13Cl2FN2O. The van der Waals surface area contributed by atoms with Crippen LogP contribution in [-0.2, 0) is 4.79 Å². The van der Waals surface area contributed by atoms with Crippen LogP contribution in [0, 0.1) is 11.7 Å². The molecule has 17 heavy (non-hydrogen) atoms. The van der Waals surface area contributed by atoms with Gasteiger partial charge in [-0.1, -0.05) is 30.1 Å². The third-order valence-corrected chi connectivity index (χ3v) is 2.80. The minimum atomic E-state index is -0.548. The van der Waals surface area contributed by atoms with Gasteiger partial charge < -0.3 is 11.1 Å². The SMILES string of the molecule is CC(CN)CC(=O)Nc1c(Cl)cc(F)cc1Cl. The molecule has 1 unspecified atom stereocenters. The van der Waals surface area contributed by atoms with E-state index < -0.39 is 5.82 Å². The number of carbonyl (C=O) groups is 1. The number of hydrogen-bond acceptors (Lipinski definition) is 2. The van der Waals surface area contributed by atoms with Crippen molar-refractivity contribution >= 4 is 34.8 Å². The van der Waals surface area contributed by atoms with Gasteiger partial charge in [-0.25, -0.2) is 4.39 Å². The lowest BCUT2D eigenvalue weighted by atomic mass is 10.1. The summed E-state index contributed by atoms with van der Waals surface area (Å²) in [5, 5.41) is 2.69. The summed E-state index contributed by atoms with van der Waals surface area (Å²) in [5.41, 5.74) is 5.64. The molecule has 0 aromatic heterocycles. The van der Waals surface area contributed by atoms with E-state index in [1.807, 2.05) is 6.92 Å². The Bertz CT molecular complexity index is 403. The van der Waals surface area contributed by atoms with Crippen molar-refractivity contribution in [3.05, 3.63) is 28.0 Å². The van der Waals surface area contributed by atoms with Gasteiger partial charge in [-0.2, -0.15) is 0 Å². The second-order valence-electron chi connectivity index (χ2n) is 3.84. The van der Waals surface area contributed by atoms with Crippen molar-refractivity contribution in [1.29, 1.82) is 0 Å².